The number of unbranched alkanes of at least 4 members (excludes halogenated alkanes) is 1. The van der Waals surface area contributed by atoms with Crippen molar-refractivity contribution >= 4 is 23.6 Å². The van der Waals surface area contributed by atoms with Crippen molar-refractivity contribution in [1.29, 1.82) is 0 Å². The summed E-state index contributed by atoms with van der Waals surface area (Å²) in [5, 5.41) is 6.35. The number of carbonyl (C=O) groups excluding carboxylic acids is 2. The second-order valence-electron chi connectivity index (χ2n) is 7.83. The van der Waals surface area contributed by atoms with Crippen molar-refractivity contribution in [2.24, 2.45) is 0 Å². The van der Waals surface area contributed by atoms with Crippen molar-refractivity contribution in [2.75, 3.05) is 12.3 Å². The molecule has 2 atom stereocenters. The van der Waals surface area contributed by atoms with Gasteiger partial charge in [0.2, 0.25) is 0 Å². The lowest BCUT2D eigenvalue weighted by atomic mass is 10.1. The predicted molar refractivity (Wildman–Crippen MR) is 130 cm³/mol. The number of hydrogen-bond donors (Lipinski definition) is 2. The van der Waals surface area contributed by atoms with Crippen LogP contribution in [0, 0.1) is 0 Å². The van der Waals surface area contributed by atoms with Crippen molar-refractivity contribution in [1.82, 2.24) is 10.6 Å². The number of hydrogen-bond acceptors (Lipinski definition) is 6. The van der Waals surface area contributed by atoms with Crippen LogP contribution in [0.2, 0.25) is 0 Å². The average Bonchev–Trinajstić information content (AvgIpc) is 3.32. The number of thioether (sulfide) groups is 1. The molecule has 6 nitrogen and oxygen atoms in total. The fourth-order valence-corrected chi connectivity index (χ4v) is 4.19. The highest BCUT2D eigenvalue weighted by molar-refractivity contribution is 7.99. The SMILES string of the molecule is CCCCC(NCC(CCC)NC(=O)OCc1ccccc1)C(=O)CSCc1ccco1. The topological polar surface area (TPSA) is 80.6 Å². The van der Waals surface area contributed by atoms with E-state index in [1.54, 1.807) is 18.0 Å². The van der Waals surface area contributed by atoms with E-state index in [4.69, 9.17) is 9.15 Å². The maximum Gasteiger partial charge on any atom is 0.407 e. The highest BCUT2D eigenvalue weighted by Crippen LogP contribution is 2.14. The zero-order valence-corrected chi connectivity index (χ0v) is 20.0. The summed E-state index contributed by atoms with van der Waals surface area (Å²) in [5.41, 5.74) is 0.949. The van der Waals surface area contributed by atoms with Gasteiger partial charge >= 0.3 is 6.09 Å². The summed E-state index contributed by atoms with van der Waals surface area (Å²) in [6.07, 6.45) is 5.78. The van der Waals surface area contributed by atoms with Crippen LogP contribution < -0.4 is 10.6 Å². The Morgan fingerprint density at radius 3 is 2.56 bits per heavy atom. The van der Waals surface area contributed by atoms with Gasteiger partial charge in [-0.15, -0.1) is 11.8 Å². The largest absolute Gasteiger partial charge is 0.468 e. The summed E-state index contributed by atoms with van der Waals surface area (Å²) in [7, 11) is 0. The van der Waals surface area contributed by atoms with Crippen LogP contribution in [-0.4, -0.2) is 36.3 Å². The number of alkyl carbamates (subject to hydrolysis) is 1. The van der Waals surface area contributed by atoms with E-state index >= 15 is 0 Å². The Kier molecular flexibility index (Phi) is 12.6. The lowest BCUT2D eigenvalue weighted by Crippen LogP contribution is -2.47. The second kappa shape index (κ2) is 15.5. The smallest absolute Gasteiger partial charge is 0.407 e. The third kappa shape index (κ3) is 10.4. The summed E-state index contributed by atoms with van der Waals surface area (Å²) < 4.78 is 10.7. The molecule has 0 saturated carbocycles. The molecule has 0 aliphatic heterocycles. The predicted octanol–water partition coefficient (Wildman–Crippen LogP) is 5.33. The van der Waals surface area contributed by atoms with E-state index in [0.717, 1.165) is 43.4 Å². The molecular formula is C25H36N2O4S. The summed E-state index contributed by atoms with van der Waals surface area (Å²) in [4.78, 5) is 25.1. The van der Waals surface area contributed by atoms with Crippen molar-refractivity contribution in [2.45, 2.75) is 70.4 Å². The first kappa shape index (κ1) is 26.0. The van der Waals surface area contributed by atoms with E-state index in [-0.39, 0.29) is 24.5 Å². The summed E-state index contributed by atoms with van der Waals surface area (Å²) in [6, 6.07) is 13.1. The number of nitrogens with one attached hydrogen (secondary N) is 2. The van der Waals surface area contributed by atoms with Crippen LogP contribution in [0.3, 0.4) is 0 Å². The lowest BCUT2D eigenvalue weighted by Gasteiger charge is -2.23. The van der Waals surface area contributed by atoms with E-state index in [9.17, 15) is 9.59 Å². The maximum absolute atomic E-state index is 12.8. The second-order valence-corrected chi connectivity index (χ2v) is 8.82. The molecular weight excluding hydrogens is 424 g/mol. The van der Waals surface area contributed by atoms with E-state index in [2.05, 4.69) is 24.5 Å². The quantitative estimate of drug-likeness (QED) is 0.353. The fraction of sp³-hybridized carbons (Fsp3) is 0.520. The summed E-state index contributed by atoms with van der Waals surface area (Å²) in [5.74, 6) is 2.19. The van der Waals surface area contributed by atoms with Gasteiger partial charge in [-0.05, 0) is 30.5 Å². The average molecular weight is 461 g/mol. The van der Waals surface area contributed by atoms with Crippen LogP contribution in [0.4, 0.5) is 4.79 Å². The van der Waals surface area contributed by atoms with Gasteiger partial charge in [-0.2, -0.15) is 0 Å². The molecule has 2 unspecified atom stereocenters. The van der Waals surface area contributed by atoms with Crippen LogP contribution in [0.5, 0.6) is 0 Å². The number of rotatable bonds is 16. The molecule has 2 N–H and O–H groups in total. The fourth-order valence-electron chi connectivity index (χ4n) is 3.32. The van der Waals surface area contributed by atoms with Crippen molar-refractivity contribution in [3.05, 3.63) is 60.1 Å². The molecule has 0 aliphatic carbocycles. The molecule has 7 heteroatoms. The Bertz CT molecular complexity index is 768. The Balaban J connectivity index is 1.80. The van der Waals surface area contributed by atoms with Gasteiger partial charge in [0.05, 0.1) is 23.8 Å². The highest BCUT2D eigenvalue weighted by Gasteiger charge is 2.20. The molecule has 2 aromatic rings. The Morgan fingerprint density at radius 1 is 1.06 bits per heavy atom. The molecule has 1 aromatic carbocycles. The molecule has 2 rings (SSSR count). The zero-order chi connectivity index (χ0) is 23.0. The molecule has 0 aliphatic rings. The van der Waals surface area contributed by atoms with Crippen molar-refractivity contribution in [3.8, 4) is 0 Å². The van der Waals surface area contributed by atoms with Crippen LogP contribution >= 0.6 is 11.8 Å². The van der Waals surface area contributed by atoms with E-state index in [1.165, 1.54) is 0 Å². The van der Waals surface area contributed by atoms with E-state index in [0.29, 0.717) is 18.1 Å². The standard InChI is InChI=1S/C25H36N2O4S/c1-3-5-14-23(24(28)19-32-18-22-13-9-15-30-22)26-16-21(10-4-2)27-25(29)31-17-20-11-7-6-8-12-20/h6-9,11-13,15,21,23,26H,3-5,10,14,16-19H2,1-2H3,(H,27,29). The van der Waals surface area contributed by atoms with Gasteiger partial charge in [0.1, 0.15) is 12.4 Å². The first-order valence-corrected chi connectivity index (χ1v) is 12.6. The van der Waals surface area contributed by atoms with Crippen molar-refractivity contribution in [3.63, 3.8) is 0 Å². The van der Waals surface area contributed by atoms with E-state index < -0.39 is 6.09 Å². The molecule has 0 radical (unpaired) electrons. The maximum atomic E-state index is 12.8. The van der Waals surface area contributed by atoms with Crippen LogP contribution in [-0.2, 0) is 21.9 Å². The summed E-state index contributed by atoms with van der Waals surface area (Å²) >= 11 is 1.57. The number of Topliss-reactive ketones (excluding diaryl/α,β-unsaturated/α-hetero) is 1. The number of furan rings is 1. The molecule has 0 saturated heterocycles. The zero-order valence-electron chi connectivity index (χ0n) is 19.2. The number of ketones is 1. The highest BCUT2D eigenvalue weighted by atomic mass is 32.2. The van der Waals surface area contributed by atoms with Crippen LogP contribution in [0.25, 0.3) is 0 Å². The summed E-state index contributed by atoms with van der Waals surface area (Å²) in [6.45, 7) is 4.98. The minimum Gasteiger partial charge on any atom is -0.468 e. The van der Waals surface area contributed by atoms with Crippen LogP contribution in [0.15, 0.2) is 53.1 Å². The third-order valence-corrected chi connectivity index (χ3v) is 6.06. The first-order chi connectivity index (χ1) is 15.6. The van der Waals surface area contributed by atoms with Crippen molar-refractivity contribution < 1.29 is 18.7 Å². The Hall–Kier alpha value is -2.25. The minimum absolute atomic E-state index is 0.0871. The number of benzene rings is 1. The monoisotopic (exact) mass is 460 g/mol. The van der Waals surface area contributed by atoms with Gasteiger partial charge in [0.25, 0.3) is 0 Å². The van der Waals surface area contributed by atoms with Gasteiger partial charge in [0.15, 0.2) is 5.78 Å². The normalized spacial score (nSPS) is 12.8. The molecule has 1 aromatic heterocycles. The van der Waals surface area contributed by atoms with Gasteiger partial charge < -0.3 is 19.8 Å². The molecule has 0 bridgehead atoms. The molecule has 1 amide bonds. The van der Waals surface area contributed by atoms with Gasteiger partial charge in [-0.3, -0.25) is 4.79 Å². The Labute approximate surface area is 195 Å². The van der Waals surface area contributed by atoms with E-state index in [1.807, 2.05) is 42.5 Å². The number of ether oxygens (including phenoxy) is 1. The molecule has 32 heavy (non-hydrogen) atoms. The number of carbonyl (C=O) groups is 2. The first-order valence-electron chi connectivity index (χ1n) is 11.5. The third-order valence-electron chi connectivity index (χ3n) is 5.09. The lowest BCUT2D eigenvalue weighted by molar-refractivity contribution is -0.118. The van der Waals surface area contributed by atoms with Crippen LogP contribution in [0.1, 0.15) is 57.3 Å². The number of amides is 1. The Morgan fingerprint density at radius 2 is 1.88 bits per heavy atom. The molecule has 176 valence electrons. The minimum atomic E-state index is -0.431. The molecule has 0 spiro atoms. The molecule has 1 heterocycles. The van der Waals surface area contributed by atoms with Gasteiger partial charge in [-0.25, -0.2) is 4.79 Å². The van der Waals surface area contributed by atoms with Gasteiger partial charge in [0, 0.05) is 12.6 Å². The molecule has 0 fully saturated rings. The van der Waals surface area contributed by atoms with Gasteiger partial charge in [-0.1, -0.05) is 63.4 Å².